The molecule has 0 aromatic rings. The third kappa shape index (κ3) is 4.01. The van der Waals surface area contributed by atoms with E-state index in [4.69, 9.17) is 13.3 Å². The van der Waals surface area contributed by atoms with Crippen LogP contribution in [0.5, 0.6) is 0 Å². The Morgan fingerprint density at radius 2 is 1.59 bits per heavy atom. The van der Waals surface area contributed by atoms with E-state index in [0.29, 0.717) is 18.8 Å². The third-order valence-electron chi connectivity index (χ3n) is 3.68. The fourth-order valence-electron chi connectivity index (χ4n) is 2.41. The van der Waals surface area contributed by atoms with Crippen molar-refractivity contribution in [3.05, 3.63) is 0 Å². The van der Waals surface area contributed by atoms with Gasteiger partial charge in [-0.1, -0.05) is 0 Å². The molecule has 6 heteroatoms. The molecule has 5 nitrogen and oxygen atoms in total. The first-order valence-electron chi connectivity index (χ1n) is 6.08. The van der Waals surface area contributed by atoms with Crippen molar-refractivity contribution in [2.24, 2.45) is 5.92 Å². The van der Waals surface area contributed by atoms with Gasteiger partial charge in [-0.3, -0.25) is 0 Å². The van der Waals surface area contributed by atoms with Crippen LogP contribution in [0, 0.1) is 5.92 Å². The van der Waals surface area contributed by atoms with Crippen molar-refractivity contribution < 1.29 is 23.5 Å². The maximum atomic E-state index is 9.62. The van der Waals surface area contributed by atoms with Crippen molar-refractivity contribution in [1.82, 2.24) is 0 Å². The summed E-state index contributed by atoms with van der Waals surface area (Å²) >= 11 is 0. The molecule has 2 N–H and O–H groups in total. The molecule has 1 rings (SSSR count). The first-order chi connectivity index (χ1) is 8.06. The molecule has 0 spiro atoms. The van der Waals surface area contributed by atoms with E-state index in [1.807, 2.05) is 0 Å². The van der Waals surface area contributed by atoms with Crippen molar-refractivity contribution in [2.75, 3.05) is 21.3 Å². The Bertz CT molecular complexity index is 214. The lowest BCUT2D eigenvalue weighted by Gasteiger charge is -2.32. The number of aliphatic hydroxyl groups excluding tert-OH is 2. The van der Waals surface area contributed by atoms with Gasteiger partial charge in [0.25, 0.3) is 0 Å². The van der Waals surface area contributed by atoms with Crippen LogP contribution in [0.1, 0.15) is 25.7 Å². The molecule has 102 valence electrons. The number of aliphatic hydroxyl groups is 2. The van der Waals surface area contributed by atoms with Crippen LogP contribution < -0.4 is 0 Å². The molecule has 3 unspecified atom stereocenters. The average molecular weight is 264 g/mol. The van der Waals surface area contributed by atoms with E-state index in [-0.39, 0.29) is 0 Å². The smallest absolute Gasteiger partial charge is 0.390 e. The number of hydrogen-bond donors (Lipinski definition) is 2. The molecule has 1 aliphatic carbocycles. The summed E-state index contributed by atoms with van der Waals surface area (Å²) in [5, 5.41) is 19.1. The molecule has 0 amide bonds. The van der Waals surface area contributed by atoms with E-state index in [9.17, 15) is 10.2 Å². The van der Waals surface area contributed by atoms with Crippen LogP contribution in [0.25, 0.3) is 0 Å². The van der Waals surface area contributed by atoms with Crippen molar-refractivity contribution in [3.63, 3.8) is 0 Å². The van der Waals surface area contributed by atoms with Gasteiger partial charge in [-0.05, 0) is 31.6 Å². The van der Waals surface area contributed by atoms with Gasteiger partial charge in [0.15, 0.2) is 0 Å². The molecule has 0 aliphatic heterocycles. The third-order valence-corrected chi connectivity index (χ3v) is 6.45. The van der Waals surface area contributed by atoms with Crippen molar-refractivity contribution in [3.8, 4) is 0 Å². The highest BCUT2D eigenvalue weighted by Gasteiger charge is 2.39. The van der Waals surface area contributed by atoms with Crippen LogP contribution in [-0.4, -0.2) is 52.6 Å². The lowest BCUT2D eigenvalue weighted by molar-refractivity contribution is -0.0264. The summed E-state index contributed by atoms with van der Waals surface area (Å²) in [7, 11) is 2.34. The molecule has 3 atom stereocenters. The Morgan fingerprint density at radius 1 is 1.00 bits per heavy atom. The summed E-state index contributed by atoms with van der Waals surface area (Å²) in [4.78, 5) is 0. The van der Waals surface area contributed by atoms with Gasteiger partial charge in [-0.15, -0.1) is 0 Å². The van der Waals surface area contributed by atoms with Gasteiger partial charge in [0.05, 0.1) is 12.2 Å². The van der Waals surface area contributed by atoms with Gasteiger partial charge in [0.2, 0.25) is 0 Å². The van der Waals surface area contributed by atoms with E-state index >= 15 is 0 Å². The molecule has 0 heterocycles. The normalized spacial score (nSPS) is 30.5. The van der Waals surface area contributed by atoms with Gasteiger partial charge in [-0.25, -0.2) is 0 Å². The van der Waals surface area contributed by atoms with Crippen molar-refractivity contribution in [1.29, 1.82) is 0 Å². The summed E-state index contributed by atoms with van der Waals surface area (Å²) in [5.41, 5.74) is 0. The summed E-state index contributed by atoms with van der Waals surface area (Å²) < 4.78 is 16.1. The minimum absolute atomic E-state index is 0.417. The van der Waals surface area contributed by atoms with Crippen LogP contribution in [0.4, 0.5) is 0 Å². The maximum absolute atomic E-state index is 9.62. The van der Waals surface area contributed by atoms with Crippen LogP contribution in [0.2, 0.25) is 6.04 Å². The fourth-order valence-corrected chi connectivity index (χ4v) is 4.29. The molecule has 0 radical (unpaired) electrons. The maximum Gasteiger partial charge on any atom is 0.500 e. The Hall–Kier alpha value is 0.0169. The highest BCUT2D eigenvalue weighted by molar-refractivity contribution is 6.60. The van der Waals surface area contributed by atoms with E-state index in [1.54, 1.807) is 21.3 Å². The van der Waals surface area contributed by atoms with Crippen LogP contribution in [-0.2, 0) is 13.3 Å². The number of hydrogen-bond acceptors (Lipinski definition) is 5. The largest absolute Gasteiger partial charge is 0.500 e. The topological polar surface area (TPSA) is 68.2 Å². The zero-order chi connectivity index (χ0) is 12.9. The Balaban J connectivity index is 2.39. The monoisotopic (exact) mass is 264 g/mol. The van der Waals surface area contributed by atoms with E-state index in [2.05, 4.69) is 0 Å². The lowest BCUT2D eigenvalue weighted by atomic mass is 9.84. The summed E-state index contributed by atoms with van der Waals surface area (Å²) in [6.07, 6.45) is 2.04. The summed E-state index contributed by atoms with van der Waals surface area (Å²) in [5.74, 6) is 0.417. The second-order valence-electron chi connectivity index (χ2n) is 4.65. The summed E-state index contributed by atoms with van der Waals surface area (Å²) in [6.45, 7) is 0. The van der Waals surface area contributed by atoms with Gasteiger partial charge in [-0.2, -0.15) is 0 Å². The van der Waals surface area contributed by atoms with Crippen LogP contribution >= 0.6 is 0 Å². The Labute approximate surface area is 104 Å². The Kier molecular flexibility index (Phi) is 6.05. The minimum Gasteiger partial charge on any atom is -0.390 e. The molecule has 0 saturated heterocycles. The highest BCUT2D eigenvalue weighted by Crippen LogP contribution is 2.30. The predicted octanol–water partition coefficient (Wildman–Crippen LogP) is 0.776. The average Bonchev–Trinajstić information content (AvgIpc) is 2.36. The van der Waals surface area contributed by atoms with Crippen LogP contribution in [0.3, 0.4) is 0 Å². The van der Waals surface area contributed by atoms with Gasteiger partial charge < -0.3 is 23.5 Å². The standard InChI is InChI=1S/C11H24O5Si/c1-14-17(15-2,16-3)7-6-9-4-5-10(12)11(13)8-9/h9-13H,4-8H2,1-3H3. The molecule has 17 heavy (non-hydrogen) atoms. The van der Waals surface area contributed by atoms with E-state index < -0.39 is 21.0 Å². The van der Waals surface area contributed by atoms with Gasteiger partial charge in [0.1, 0.15) is 0 Å². The fraction of sp³-hybridized carbons (Fsp3) is 1.00. The minimum atomic E-state index is -2.48. The predicted molar refractivity (Wildman–Crippen MR) is 65.6 cm³/mol. The van der Waals surface area contributed by atoms with Gasteiger partial charge >= 0.3 is 8.80 Å². The van der Waals surface area contributed by atoms with Gasteiger partial charge in [0, 0.05) is 27.4 Å². The number of rotatable bonds is 6. The quantitative estimate of drug-likeness (QED) is 0.694. The SMILES string of the molecule is CO[Si](CCC1CCC(O)C(O)C1)(OC)OC. The van der Waals surface area contributed by atoms with Crippen LogP contribution in [0.15, 0.2) is 0 Å². The second-order valence-corrected chi connectivity index (χ2v) is 7.74. The van der Waals surface area contributed by atoms with Crippen molar-refractivity contribution in [2.45, 2.75) is 43.9 Å². The first-order valence-corrected chi connectivity index (χ1v) is 8.01. The molecule has 1 saturated carbocycles. The molecule has 0 bridgehead atoms. The summed E-state index contributed by atoms with van der Waals surface area (Å²) in [6, 6.07) is 0.754. The van der Waals surface area contributed by atoms with E-state index in [0.717, 1.165) is 18.9 Å². The second kappa shape index (κ2) is 6.82. The molecular weight excluding hydrogens is 240 g/mol. The zero-order valence-electron chi connectivity index (χ0n) is 10.9. The highest BCUT2D eigenvalue weighted by atomic mass is 28.4. The molecule has 1 fully saturated rings. The molecule has 0 aromatic heterocycles. The first kappa shape index (κ1) is 15.1. The molecule has 1 aliphatic rings. The zero-order valence-corrected chi connectivity index (χ0v) is 11.9. The molecular formula is C11H24O5Si. The lowest BCUT2D eigenvalue weighted by Crippen LogP contribution is -2.43. The van der Waals surface area contributed by atoms with Crippen molar-refractivity contribution >= 4 is 8.80 Å². The molecule has 0 aromatic carbocycles. The van der Waals surface area contributed by atoms with E-state index in [1.165, 1.54) is 0 Å². The Morgan fingerprint density at radius 3 is 2.06 bits per heavy atom.